The molecule has 0 aromatic heterocycles. The molecule has 0 spiro atoms. The molecular weight excluding hydrogens is 232 g/mol. The van der Waals surface area contributed by atoms with Gasteiger partial charge in [-0.05, 0) is 31.5 Å². The molecule has 1 aromatic rings. The Kier molecular flexibility index (Phi) is 4.94. The molecular formula is C14H14O4. The van der Waals surface area contributed by atoms with Crippen molar-refractivity contribution in [3.05, 3.63) is 34.9 Å². The minimum atomic E-state index is -1.03. The van der Waals surface area contributed by atoms with Crippen molar-refractivity contribution >= 4 is 11.9 Å². The number of aryl methyl sites for hydroxylation is 1. The first-order chi connectivity index (χ1) is 8.54. The highest BCUT2D eigenvalue weighted by atomic mass is 16.5. The van der Waals surface area contributed by atoms with E-state index in [1.54, 1.807) is 19.1 Å². The van der Waals surface area contributed by atoms with E-state index in [9.17, 15) is 9.59 Å². The lowest BCUT2D eigenvalue weighted by Gasteiger charge is -2.00. The summed E-state index contributed by atoms with van der Waals surface area (Å²) in [5.74, 6) is 3.87. The number of carboxylic acid groups (broad SMARTS) is 1. The first-order valence-electron chi connectivity index (χ1n) is 5.53. The molecule has 0 saturated heterocycles. The van der Waals surface area contributed by atoms with Crippen LogP contribution in [0.4, 0.5) is 0 Å². The van der Waals surface area contributed by atoms with Crippen LogP contribution in [0.15, 0.2) is 18.2 Å². The minimum absolute atomic E-state index is 0.0408. The van der Waals surface area contributed by atoms with Crippen molar-refractivity contribution in [2.45, 2.75) is 20.3 Å². The summed E-state index contributed by atoms with van der Waals surface area (Å²) in [6.07, 6.45) is -0.0408. The second kappa shape index (κ2) is 6.45. The third kappa shape index (κ3) is 3.95. The molecule has 0 saturated carbocycles. The van der Waals surface area contributed by atoms with Crippen LogP contribution in [0.3, 0.4) is 0 Å². The third-order valence-corrected chi connectivity index (χ3v) is 2.17. The van der Waals surface area contributed by atoms with Gasteiger partial charge in [-0.3, -0.25) is 4.79 Å². The number of aromatic carboxylic acids is 1. The van der Waals surface area contributed by atoms with E-state index in [0.717, 1.165) is 5.56 Å². The SMILES string of the molecule is CCOC(=O)CC#Cc1cc(C)ccc1C(=O)O. The molecule has 0 fully saturated rings. The first kappa shape index (κ1) is 13.8. The molecule has 0 bridgehead atoms. The van der Waals surface area contributed by atoms with Gasteiger partial charge in [-0.2, -0.15) is 0 Å². The lowest BCUT2D eigenvalue weighted by Crippen LogP contribution is -2.02. The Hall–Kier alpha value is -2.28. The number of hydrogen-bond donors (Lipinski definition) is 1. The Morgan fingerprint density at radius 3 is 2.72 bits per heavy atom. The molecule has 0 unspecified atom stereocenters. The molecule has 0 heterocycles. The van der Waals surface area contributed by atoms with Crippen LogP contribution < -0.4 is 0 Å². The smallest absolute Gasteiger partial charge is 0.336 e. The molecule has 4 heteroatoms. The largest absolute Gasteiger partial charge is 0.478 e. The third-order valence-electron chi connectivity index (χ3n) is 2.17. The highest BCUT2D eigenvalue weighted by Gasteiger charge is 2.07. The van der Waals surface area contributed by atoms with Crippen LogP contribution in [0.5, 0.6) is 0 Å². The van der Waals surface area contributed by atoms with E-state index < -0.39 is 11.9 Å². The highest BCUT2D eigenvalue weighted by molar-refractivity contribution is 5.91. The van der Waals surface area contributed by atoms with E-state index in [4.69, 9.17) is 9.84 Å². The summed E-state index contributed by atoms with van der Waals surface area (Å²) in [5.41, 5.74) is 1.46. The van der Waals surface area contributed by atoms with Crippen LogP contribution in [-0.2, 0) is 9.53 Å². The zero-order chi connectivity index (χ0) is 13.5. The van der Waals surface area contributed by atoms with E-state index in [1.165, 1.54) is 6.07 Å². The van der Waals surface area contributed by atoms with Crippen LogP contribution in [0.1, 0.15) is 34.8 Å². The summed E-state index contributed by atoms with van der Waals surface area (Å²) < 4.78 is 4.72. The van der Waals surface area contributed by atoms with Gasteiger partial charge in [0.15, 0.2) is 0 Å². The summed E-state index contributed by atoms with van der Waals surface area (Å²) in [6.45, 7) is 3.88. The summed E-state index contributed by atoms with van der Waals surface area (Å²) in [5, 5.41) is 8.99. The van der Waals surface area contributed by atoms with Gasteiger partial charge in [0, 0.05) is 5.56 Å². The average Bonchev–Trinajstić information content (AvgIpc) is 2.29. The van der Waals surface area contributed by atoms with Gasteiger partial charge in [0.2, 0.25) is 0 Å². The van der Waals surface area contributed by atoms with E-state index in [2.05, 4.69) is 11.8 Å². The Bertz CT molecular complexity index is 520. The fourth-order valence-electron chi connectivity index (χ4n) is 1.37. The Labute approximate surface area is 106 Å². The highest BCUT2D eigenvalue weighted by Crippen LogP contribution is 2.10. The normalized spacial score (nSPS) is 9.22. The first-order valence-corrected chi connectivity index (χ1v) is 5.53. The van der Waals surface area contributed by atoms with Crippen molar-refractivity contribution in [3.63, 3.8) is 0 Å². The molecule has 1 aromatic carbocycles. The quantitative estimate of drug-likeness (QED) is 0.654. The van der Waals surface area contributed by atoms with Crippen molar-refractivity contribution in [2.24, 2.45) is 0 Å². The maximum Gasteiger partial charge on any atom is 0.336 e. The molecule has 4 nitrogen and oxygen atoms in total. The average molecular weight is 246 g/mol. The van der Waals surface area contributed by atoms with Gasteiger partial charge in [-0.15, -0.1) is 0 Å². The van der Waals surface area contributed by atoms with Gasteiger partial charge in [0.1, 0.15) is 6.42 Å². The fraction of sp³-hybridized carbons (Fsp3) is 0.286. The summed E-state index contributed by atoms with van der Waals surface area (Å²) in [6, 6.07) is 4.90. The van der Waals surface area contributed by atoms with Gasteiger partial charge >= 0.3 is 11.9 Å². The van der Waals surface area contributed by atoms with Gasteiger partial charge in [0.25, 0.3) is 0 Å². The second-order valence-corrected chi connectivity index (χ2v) is 3.64. The van der Waals surface area contributed by atoms with Gasteiger partial charge < -0.3 is 9.84 Å². The number of hydrogen-bond acceptors (Lipinski definition) is 3. The lowest BCUT2D eigenvalue weighted by molar-refractivity contribution is -0.141. The zero-order valence-electron chi connectivity index (χ0n) is 10.3. The van der Waals surface area contributed by atoms with Crippen molar-refractivity contribution in [1.82, 2.24) is 0 Å². The number of rotatable bonds is 3. The van der Waals surface area contributed by atoms with Gasteiger partial charge in [0.05, 0.1) is 12.2 Å². The van der Waals surface area contributed by atoms with E-state index in [0.29, 0.717) is 12.2 Å². The summed E-state index contributed by atoms with van der Waals surface area (Å²) in [4.78, 5) is 22.1. The predicted molar refractivity (Wildman–Crippen MR) is 66.3 cm³/mol. The summed E-state index contributed by atoms with van der Waals surface area (Å²) >= 11 is 0. The van der Waals surface area contributed by atoms with Crippen LogP contribution in [-0.4, -0.2) is 23.7 Å². The number of carbonyl (C=O) groups is 2. The second-order valence-electron chi connectivity index (χ2n) is 3.64. The van der Waals surface area contributed by atoms with E-state index >= 15 is 0 Å². The summed E-state index contributed by atoms with van der Waals surface area (Å²) in [7, 11) is 0. The fourth-order valence-corrected chi connectivity index (χ4v) is 1.37. The molecule has 94 valence electrons. The van der Waals surface area contributed by atoms with Crippen molar-refractivity contribution < 1.29 is 19.4 Å². The maximum absolute atomic E-state index is 11.1. The monoisotopic (exact) mass is 246 g/mol. The number of benzene rings is 1. The molecule has 0 atom stereocenters. The standard InChI is InChI=1S/C14H14O4/c1-3-18-13(15)6-4-5-11-9-10(2)7-8-12(11)14(16)17/h7-9H,3,6H2,1-2H3,(H,16,17). The van der Waals surface area contributed by atoms with Crippen molar-refractivity contribution in [3.8, 4) is 11.8 Å². The van der Waals surface area contributed by atoms with Gasteiger partial charge in [-0.1, -0.05) is 17.9 Å². The Morgan fingerprint density at radius 2 is 2.11 bits per heavy atom. The number of esters is 1. The molecule has 1 N–H and O–H groups in total. The van der Waals surface area contributed by atoms with Crippen LogP contribution in [0.25, 0.3) is 0 Å². The van der Waals surface area contributed by atoms with E-state index in [-0.39, 0.29) is 12.0 Å². The molecule has 0 aliphatic heterocycles. The minimum Gasteiger partial charge on any atom is -0.478 e. The molecule has 1 rings (SSSR count). The van der Waals surface area contributed by atoms with Crippen molar-refractivity contribution in [2.75, 3.05) is 6.61 Å². The number of carbonyl (C=O) groups excluding carboxylic acids is 1. The molecule has 0 amide bonds. The molecule has 0 aliphatic rings. The Morgan fingerprint density at radius 1 is 1.39 bits per heavy atom. The topological polar surface area (TPSA) is 63.6 Å². The predicted octanol–water partition coefficient (Wildman–Crippen LogP) is 2.00. The number of carboxylic acids is 1. The van der Waals surface area contributed by atoms with Crippen LogP contribution >= 0.6 is 0 Å². The van der Waals surface area contributed by atoms with Crippen molar-refractivity contribution in [1.29, 1.82) is 0 Å². The Balaban J connectivity index is 2.90. The molecule has 0 radical (unpaired) electrons. The van der Waals surface area contributed by atoms with Crippen LogP contribution in [0, 0.1) is 18.8 Å². The lowest BCUT2D eigenvalue weighted by atomic mass is 10.0. The van der Waals surface area contributed by atoms with Gasteiger partial charge in [-0.25, -0.2) is 4.79 Å². The maximum atomic E-state index is 11.1. The molecule has 18 heavy (non-hydrogen) atoms. The van der Waals surface area contributed by atoms with E-state index in [1.807, 2.05) is 6.92 Å². The zero-order valence-corrected chi connectivity index (χ0v) is 10.3. The molecule has 0 aliphatic carbocycles. The number of ether oxygens (including phenoxy) is 1. The van der Waals surface area contributed by atoms with Crippen LogP contribution in [0.2, 0.25) is 0 Å².